The molecule has 0 radical (unpaired) electrons. The van der Waals surface area contributed by atoms with E-state index in [1.54, 1.807) is 24.7 Å². The van der Waals surface area contributed by atoms with Crippen molar-refractivity contribution in [3.8, 4) is 33.9 Å². The minimum atomic E-state index is 0.00805. The number of hydrogen-bond donors (Lipinski definition) is 4. The summed E-state index contributed by atoms with van der Waals surface area (Å²) in [7, 11) is 0. The minimum Gasteiger partial charge on any atom is -0.508 e. The summed E-state index contributed by atoms with van der Waals surface area (Å²) in [5.41, 5.74) is 3.78. The second-order valence-corrected chi connectivity index (χ2v) is 4.50. The number of nitrogens with one attached hydrogen (secondary N) is 2. The molecule has 3 aromatic rings. The van der Waals surface area contributed by atoms with Crippen LogP contribution < -0.4 is 0 Å². The van der Waals surface area contributed by atoms with E-state index in [1.165, 1.54) is 6.07 Å². The van der Waals surface area contributed by atoms with Crippen LogP contribution in [0.2, 0.25) is 0 Å². The molecule has 0 aliphatic carbocycles. The topological polar surface area (TPSA) is 97.8 Å². The van der Waals surface area contributed by atoms with Crippen molar-refractivity contribution in [2.75, 3.05) is 0 Å². The Kier molecular flexibility index (Phi) is 2.90. The number of nitrogens with zero attached hydrogens (tertiary/aromatic N) is 2. The lowest BCUT2D eigenvalue weighted by Gasteiger charge is -2.09. The lowest BCUT2D eigenvalue weighted by molar-refractivity contribution is 0.447. The summed E-state index contributed by atoms with van der Waals surface area (Å²) in [6, 6.07) is 3.12. The van der Waals surface area contributed by atoms with E-state index in [2.05, 4.69) is 20.4 Å². The molecule has 6 nitrogen and oxygen atoms in total. The van der Waals surface area contributed by atoms with Gasteiger partial charge in [-0.3, -0.25) is 10.2 Å². The Morgan fingerprint density at radius 3 is 2.60 bits per heavy atom. The fraction of sp³-hybridized carbons (Fsp3) is 0.143. The summed E-state index contributed by atoms with van der Waals surface area (Å²) in [5, 5.41) is 33.4. The number of aromatic amines is 2. The number of hydrogen-bond acceptors (Lipinski definition) is 4. The summed E-state index contributed by atoms with van der Waals surface area (Å²) in [6.07, 6.45) is 5.80. The molecule has 102 valence electrons. The van der Waals surface area contributed by atoms with Gasteiger partial charge in [-0.05, 0) is 18.1 Å². The Hall–Kier alpha value is -2.76. The molecule has 0 saturated carbocycles. The number of rotatable bonds is 3. The van der Waals surface area contributed by atoms with Crippen molar-refractivity contribution < 1.29 is 10.2 Å². The average Bonchev–Trinajstić information content (AvgIpc) is 3.09. The van der Waals surface area contributed by atoms with Crippen LogP contribution in [0.15, 0.2) is 30.7 Å². The molecule has 3 rings (SSSR count). The van der Waals surface area contributed by atoms with E-state index in [-0.39, 0.29) is 11.5 Å². The van der Waals surface area contributed by atoms with Crippen LogP contribution in [-0.4, -0.2) is 30.6 Å². The van der Waals surface area contributed by atoms with Crippen LogP contribution in [0.25, 0.3) is 22.4 Å². The standard InChI is InChI=1S/C14H14N4O2/c1-2-8-3-10(13(20)4-12(8)19)14-11(7-17-18-14)9-5-15-16-6-9/h3-7,19-20H,2H2,1H3,(H,15,16)(H,17,18). The molecule has 0 bridgehead atoms. The number of aromatic nitrogens is 4. The fourth-order valence-corrected chi connectivity index (χ4v) is 2.21. The second kappa shape index (κ2) is 4.73. The van der Waals surface area contributed by atoms with Crippen molar-refractivity contribution >= 4 is 0 Å². The number of benzene rings is 1. The van der Waals surface area contributed by atoms with Crippen molar-refractivity contribution in [3.05, 3.63) is 36.3 Å². The van der Waals surface area contributed by atoms with Crippen molar-refractivity contribution in [1.29, 1.82) is 0 Å². The molecular formula is C14H14N4O2. The third-order valence-corrected chi connectivity index (χ3v) is 3.30. The lowest BCUT2D eigenvalue weighted by Crippen LogP contribution is -1.88. The molecule has 0 spiro atoms. The first kappa shape index (κ1) is 12.3. The molecule has 0 atom stereocenters. The van der Waals surface area contributed by atoms with Gasteiger partial charge in [-0.25, -0.2) is 0 Å². The van der Waals surface area contributed by atoms with E-state index in [9.17, 15) is 10.2 Å². The van der Waals surface area contributed by atoms with Crippen molar-refractivity contribution in [3.63, 3.8) is 0 Å². The Balaban J connectivity index is 2.17. The smallest absolute Gasteiger partial charge is 0.128 e. The van der Waals surface area contributed by atoms with Crippen molar-refractivity contribution in [2.45, 2.75) is 13.3 Å². The van der Waals surface area contributed by atoms with E-state index in [0.717, 1.165) is 16.7 Å². The van der Waals surface area contributed by atoms with Gasteiger partial charge >= 0.3 is 0 Å². The zero-order valence-corrected chi connectivity index (χ0v) is 10.9. The zero-order chi connectivity index (χ0) is 14.1. The van der Waals surface area contributed by atoms with E-state index in [0.29, 0.717) is 17.7 Å². The average molecular weight is 270 g/mol. The molecule has 4 N–H and O–H groups in total. The summed E-state index contributed by atoms with van der Waals surface area (Å²) < 4.78 is 0. The Morgan fingerprint density at radius 2 is 1.90 bits per heavy atom. The zero-order valence-electron chi connectivity index (χ0n) is 10.9. The van der Waals surface area contributed by atoms with Gasteiger partial charge < -0.3 is 10.2 Å². The molecule has 0 aliphatic heterocycles. The maximum Gasteiger partial charge on any atom is 0.128 e. The van der Waals surface area contributed by atoms with E-state index in [1.807, 2.05) is 6.92 Å². The van der Waals surface area contributed by atoms with E-state index < -0.39 is 0 Å². The molecule has 0 aliphatic rings. The van der Waals surface area contributed by atoms with Crippen LogP contribution in [0, 0.1) is 0 Å². The fourth-order valence-electron chi connectivity index (χ4n) is 2.21. The van der Waals surface area contributed by atoms with Crippen molar-refractivity contribution in [2.24, 2.45) is 0 Å². The predicted octanol–water partition coefficient (Wildman–Crippen LogP) is 2.44. The van der Waals surface area contributed by atoms with Gasteiger partial charge in [0, 0.05) is 29.0 Å². The van der Waals surface area contributed by atoms with Gasteiger partial charge in [0.1, 0.15) is 11.5 Å². The summed E-state index contributed by atoms with van der Waals surface area (Å²) >= 11 is 0. The van der Waals surface area contributed by atoms with Crippen LogP contribution >= 0.6 is 0 Å². The Labute approximate surface area is 115 Å². The first-order valence-corrected chi connectivity index (χ1v) is 6.28. The SMILES string of the molecule is CCc1cc(-c2[nH]ncc2-c2cn[nH]c2)c(O)cc1O. The van der Waals surface area contributed by atoms with Gasteiger partial charge in [0.05, 0.1) is 18.1 Å². The molecule has 0 unspecified atom stereocenters. The quantitative estimate of drug-likeness (QED) is 0.587. The highest BCUT2D eigenvalue weighted by atomic mass is 16.3. The molecule has 0 fully saturated rings. The Bertz CT molecular complexity index is 732. The number of H-pyrrole nitrogens is 2. The van der Waals surface area contributed by atoms with Gasteiger partial charge in [-0.2, -0.15) is 10.2 Å². The Morgan fingerprint density at radius 1 is 1.05 bits per heavy atom. The highest BCUT2D eigenvalue weighted by Crippen LogP contribution is 2.38. The first-order valence-electron chi connectivity index (χ1n) is 6.28. The summed E-state index contributed by atoms with van der Waals surface area (Å²) in [6.45, 7) is 1.94. The molecule has 0 amide bonds. The van der Waals surface area contributed by atoms with Gasteiger partial charge in [0.25, 0.3) is 0 Å². The van der Waals surface area contributed by atoms with Gasteiger partial charge in [0.2, 0.25) is 0 Å². The second-order valence-electron chi connectivity index (χ2n) is 4.50. The maximum atomic E-state index is 10.1. The van der Waals surface area contributed by atoms with Crippen LogP contribution in [0.5, 0.6) is 11.5 Å². The minimum absolute atomic E-state index is 0.00805. The molecule has 2 aromatic heterocycles. The van der Waals surface area contributed by atoms with E-state index in [4.69, 9.17) is 0 Å². The largest absolute Gasteiger partial charge is 0.508 e. The third-order valence-electron chi connectivity index (χ3n) is 3.30. The van der Waals surface area contributed by atoms with Crippen LogP contribution in [0.1, 0.15) is 12.5 Å². The van der Waals surface area contributed by atoms with E-state index >= 15 is 0 Å². The number of phenols is 2. The summed E-state index contributed by atoms with van der Waals surface area (Å²) in [4.78, 5) is 0. The number of aryl methyl sites for hydroxylation is 1. The first-order chi connectivity index (χ1) is 9.70. The molecule has 2 heterocycles. The van der Waals surface area contributed by atoms with Gasteiger partial charge in [0.15, 0.2) is 0 Å². The van der Waals surface area contributed by atoms with Crippen molar-refractivity contribution in [1.82, 2.24) is 20.4 Å². The summed E-state index contributed by atoms with van der Waals surface area (Å²) in [5.74, 6) is 0.104. The molecule has 6 heteroatoms. The van der Waals surface area contributed by atoms with Gasteiger partial charge in [-0.1, -0.05) is 6.92 Å². The third kappa shape index (κ3) is 1.91. The molecular weight excluding hydrogens is 256 g/mol. The predicted molar refractivity (Wildman–Crippen MR) is 74.3 cm³/mol. The number of phenolic OH excluding ortho intramolecular Hbond substituents is 2. The van der Waals surface area contributed by atoms with Gasteiger partial charge in [-0.15, -0.1) is 0 Å². The van der Waals surface area contributed by atoms with Crippen LogP contribution in [0.4, 0.5) is 0 Å². The highest BCUT2D eigenvalue weighted by Gasteiger charge is 2.16. The van der Waals surface area contributed by atoms with Crippen LogP contribution in [-0.2, 0) is 6.42 Å². The van der Waals surface area contributed by atoms with Crippen LogP contribution in [0.3, 0.4) is 0 Å². The normalized spacial score (nSPS) is 10.8. The molecule has 20 heavy (non-hydrogen) atoms. The number of aromatic hydroxyl groups is 2. The highest BCUT2D eigenvalue weighted by molar-refractivity contribution is 5.83. The maximum absolute atomic E-state index is 10.1. The monoisotopic (exact) mass is 270 g/mol. The molecule has 0 saturated heterocycles. The lowest BCUT2D eigenvalue weighted by atomic mass is 10.00. The molecule has 1 aromatic carbocycles.